The average molecular weight is 173 g/mol. The van der Waals surface area contributed by atoms with E-state index in [1.807, 2.05) is 11.9 Å². The summed E-state index contributed by atoms with van der Waals surface area (Å²) in [5, 5.41) is 0. The van der Waals surface area contributed by atoms with Gasteiger partial charge in [0.1, 0.15) is 12.4 Å². The number of rotatable bonds is 5. The van der Waals surface area contributed by atoms with Crippen molar-refractivity contribution in [3.63, 3.8) is 0 Å². The molecule has 12 heavy (non-hydrogen) atoms. The highest BCUT2D eigenvalue weighted by molar-refractivity contribution is 5.77. The lowest BCUT2D eigenvalue weighted by atomic mass is 10.4. The fourth-order valence-electron chi connectivity index (χ4n) is 0.804. The first-order chi connectivity index (χ1) is 5.52. The Morgan fingerprint density at radius 1 is 1.33 bits per heavy atom. The first kappa shape index (κ1) is 11.1. The molecule has 0 rings (SSSR count). The Kier molecular flexibility index (Phi) is 5.28. The molecular formula is C8H15NO3. The summed E-state index contributed by atoms with van der Waals surface area (Å²) in [4.78, 5) is 22.8. The van der Waals surface area contributed by atoms with Crippen molar-refractivity contribution in [1.29, 1.82) is 0 Å². The van der Waals surface area contributed by atoms with Gasteiger partial charge in [-0.05, 0) is 14.0 Å². The number of ketones is 1. The Balaban J connectivity index is 3.37. The molecule has 0 saturated heterocycles. The molecule has 0 radical (unpaired) electrons. The zero-order valence-corrected chi connectivity index (χ0v) is 7.79. The Morgan fingerprint density at radius 2 is 1.92 bits per heavy atom. The van der Waals surface area contributed by atoms with E-state index in [0.29, 0.717) is 19.7 Å². The van der Waals surface area contributed by atoms with Gasteiger partial charge in [0, 0.05) is 13.5 Å². The summed E-state index contributed by atoms with van der Waals surface area (Å²) in [6.07, 6.45) is 0. The lowest BCUT2D eigenvalue weighted by molar-refractivity contribution is -0.141. The summed E-state index contributed by atoms with van der Waals surface area (Å²) in [6.45, 7) is 4.24. The van der Waals surface area contributed by atoms with E-state index in [2.05, 4.69) is 0 Å². The number of ether oxygens (including phenoxy) is 1. The molecule has 0 aromatic carbocycles. The molecule has 0 heterocycles. The van der Waals surface area contributed by atoms with E-state index in [0.717, 1.165) is 0 Å². The number of carbonyl (C=O) groups excluding carboxylic acids is 2. The van der Waals surface area contributed by atoms with Gasteiger partial charge in [-0.1, -0.05) is 0 Å². The van der Waals surface area contributed by atoms with Crippen molar-refractivity contribution >= 4 is 11.8 Å². The number of Topliss-reactive ketones (excluding diaryl/α,β-unsaturated/α-hetero) is 1. The highest BCUT2D eigenvalue weighted by atomic mass is 16.5. The molecule has 0 aromatic rings. The summed E-state index contributed by atoms with van der Waals surface area (Å²) < 4.78 is 4.70. The molecule has 0 N–H and O–H groups in total. The van der Waals surface area contributed by atoms with E-state index in [1.54, 1.807) is 0 Å². The van der Waals surface area contributed by atoms with Gasteiger partial charge in [0.2, 0.25) is 0 Å². The van der Waals surface area contributed by atoms with Gasteiger partial charge in [0.15, 0.2) is 0 Å². The molecule has 0 aliphatic heterocycles. The van der Waals surface area contributed by atoms with Gasteiger partial charge in [-0.2, -0.15) is 0 Å². The summed E-state index contributed by atoms with van der Waals surface area (Å²) in [5.74, 6) is -0.174. The van der Waals surface area contributed by atoms with Crippen LogP contribution >= 0.6 is 0 Å². The molecule has 4 heteroatoms. The van der Waals surface area contributed by atoms with Crippen LogP contribution in [-0.2, 0) is 14.3 Å². The van der Waals surface area contributed by atoms with Crippen molar-refractivity contribution in [2.45, 2.75) is 13.8 Å². The van der Waals surface area contributed by atoms with E-state index in [-0.39, 0.29) is 11.8 Å². The van der Waals surface area contributed by atoms with Crippen LogP contribution < -0.4 is 0 Å². The lowest BCUT2D eigenvalue weighted by Crippen LogP contribution is -2.28. The highest BCUT2D eigenvalue weighted by Crippen LogP contribution is 1.84. The fraction of sp³-hybridized carbons (Fsp3) is 0.750. The molecule has 0 aliphatic carbocycles. The second kappa shape index (κ2) is 5.71. The summed E-state index contributed by atoms with van der Waals surface area (Å²) in [5.41, 5.74) is 0. The van der Waals surface area contributed by atoms with Gasteiger partial charge in [-0.25, -0.2) is 0 Å². The molecule has 0 fully saturated rings. The molecular weight excluding hydrogens is 158 g/mol. The van der Waals surface area contributed by atoms with Crippen LogP contribution in [0.2, 0.25) is 0 Å². The number of hydrogen-bond donors (Lipinski definition) is 0. The van der Waals surface area contributed by atoms with Crippen molar-refractivity contribution in [2.75, 3.05) is 26.7 Å². The molecule has 0 unspecified atom stereocenters. The second-order valence-corrected chi connectivity index (χ2v) is 2.78. The third-order valence-corrected chi connectivity index (χ3v) is 1.27. The topological polar surface area (TPSA) is 46.6 Å². The number of carbonyl (C=O) groups is 2. The summed E-state index contributed by atoms with van der Waals surface area (Å²) in [6, 6.07) is 0. The van der Waals surface area contributed by atoms with E-state index in [9.17, 15) is 9.59 Å². The zero-order valence-electron chi connectivity index (χ0n) is 7.79. The van der Waals surface area contributed by atoms with Gasteiger partial charge in [0.05, 0.1) is 6.54 Å². The molecule has 0 atom stereocenters. The van der Waals surface area contributed by atoms with E-state index < -0.39 is 0 Å². The normalized spacial score (nSPS) is 10.0. The average Bonchev–Trinajstić information content (AvgIpc) is 1.84. The number of likely N-dealkylation sites (N-methyl/N-ethyl adjacent to an activating group) is 1. The van der Waals surface area contributed by atoms with Crippen LogP contribution in [0.1, 0.15) is 13.8 Å². The molecule has 0 bridgehead atoms. The quantitative estimate of drug-likeness (QED) is 0.552. The van der Waals surface area contributed by atoms with Crippen LogP contribution in [0.3, 0.4) is 0 Å². The van der Waals surface area contributed by atoms with Gasteiger partial charge < -0.3 is 4.74 Å². The van der Waals surface area contributed by atoms with Crippen LogP contribution in [0.4, 0.5) is 0 Å². The van der Waals surface area contributed by atoms with Gasteiger partial charge in [0.25, 0.3) is 0 Å². The third-order valence-electron chi connectivity index (χ3n) is 1.27. The predicted molar refractivity (Wildman–Crippen MR) is 44.8 cm³/mol. The van der Waals surface area contributed by atoms with Crippen molar-refractivity contribution in [3.8, 4) is 0 Å². The van der Waals surface area contributed by atoms with Crippen molar-refractivity contribution in [3.05, 3.63) is 0 Å². The maximum absolute atomic E-state index is 10.6. The van der Waals surface area contributed by atoms with E-state index in [1.165, 1.54) is 13.8 Å². The lowest BCUT2D eigenvalue weighted by Gasteiger charge is -2.13. The third kappa shape index (κ3) is 7.21. The van der Waals surface area contributed by atoms with Crippen LogP contribution in [0.5, 0.6) is 0 Å². The molecule has 0 aliphatic rings. The Hall–Kier alpha value is -0.900. The Labute approximate surface area is 72.5 Å². The van der Waals surface area contributed by atoms with Crippen molar-refractivity contribution < 1.29 is 14.3 Å². The first-order valence-corrected chi connectivity index (χ1v) is 3.83. The molecule has 0 spiro atoms. The maximum atomic E-state index is 10.6. The SMILES string of the molecule is CC(=O)CN(C)CCOC(C)=O. The van der Waals surface area contributed by atoms with E-state index >= 15 is 0 Å². The molecule has 0 saturated carbocycles. The molecule has 0 amide bonds. The van der Waals surface area contributed by atoms with Crippen LogP contribution in [-0.4, -0.2) is 43.4 Å². The Morgan fingerprint density at radius 3 is 2.33 bits per heavy atom. The minimum atomic E-state index is -0.286. The zero-order chi connectivity index (χ0) is 9.56. The highest BCUT2D eigenvalue weighted by Gasteiger charge is 2.01. The Bertz CT molecular complexity index is 168. The molecule has 4 nitrogen and oxygen atoms in total. The van der Waals surface area contributed by atoms with Gasteiger partial charge >= 0.3 is 5.97 Å². The fourth-order valence-corrected chi connectivity index (χ4v) is 0.804. The first-order valence-electron chi connectivity index (χ1n) is 3.83. The largest absolute Gasteiger partial charge is 0.465 e. The van der Waals surface area contributed by atoms with Crippen LogP contribution in [0, 0.1) is 0 Å². The maximum Gasteiger partial charge on any atom is 0.302 e. The predicted octanol–water partition coefficient (Wildman–Crippen LogP) is 0.0703. The van der Waals surface area contributed by atoms with Crippen molar-refractivity contribution in [1.82, 2.24) is 4.90 Å². The summed E-state index contributed by atoms with van der Waals surface area (Å²) in [7, 11) is 1.81. The minimum absolute atomic E-state index is 0.111. The monoisotopic (exact) mass is 173 g/mol. The second-order valence-electron chi connectivity index (χ2n) is 2.78. The smallest absolute Gasteiger partial charge is 0.302 e. The van der Waals surface area contributed by atoms with Crippen LogP contribution in [0.15, 0.2) is 0 Å². The van der Waals surface area contributed by atoms with Crippen molar-refractivity contribution in [2.24, 2.45) is 0 Å². The van der Waals surface area contributed by atoms with Gasteiger partial charge in [-0.3, -0.25) is 14.5 Å². The van der Waals surface area contributed by atoms with E-state index in [4.69, 9.17) is 4.74 Å². The number of hydrogen-bond acceptors (Lipinski definition) is 4. The number of esters is 1. The minimum Gasteiger partial charge on any atom is -0.465 e. The number of nitrogens with zero attached hydrogens (tertiary/aromatic N) is 1. The van der Waals surface area contributed by atoms with Crippen LogP contribution in [0.25, 0.3) is 0 Å². The van der Waals surface area contributed by atoms with Gasteiger partial charge in [-0.15, -0.1) is 0 Å². The standard InChI is InChI=1S/C8H15NO3/c1-7(10)6-9(3)4-5-12-8(2)11/h4-6H2,1-3H3. The summed E-state index contributed by atoms with van der Waals surface area (Å²) >= 11 is 0. The molecule has 70 valence electrons. The molecule has 0 aromatic heterocycles.